The van der Waals surface area contributed by atoms with E-state index in [1.165, 1.54) is 24.0 Å². The second-order valence-corrected chi connectivity index (χ2v) is 11.2. The highest BCUT2D eigenvalue weighted by atomic mass is 32.2. The van der Waals surface area contributed by atoms with Crippen LogP contribution in [0.25, 0.3) is 22.0 Å². The summed E-state index contributed by atoms with van der Waals surface area (Å²) in [5.41, 5.74) is 3.42. The topological polar surface area (TPSA) is 104 Å². The Morgan fingerprint density at radius 3 is 2.74 bits per heavy atom. The number of aromatic nitrogens is 2. The Labute approximate surface area is 205 Å². The van der Waals surface area contributed by atoms with E-state index in [0.29, 0.717) is 23.7 Å². The standard InChI is InChI=1S/C25H31N5O4S/c1-4-33-24-14-17(13-21-20(24)7-10-26-21)16-30-11-8-18(9-12-30)27-25-28-22-15-19(5-6-23(22)34-25)35(31,32)29(2)3/h5-7,10,13-15,18,26H,4,8-9,11-12,16H2,1-3H3,(H,27,28). The summed E-state index contributed by atoms with van der Waals surface area (Å²) >= 11 is 0. The molecule has 0 saturated carbocycles. The fraction of sp³-hybridized carbons (Fsp3) is 0.400. The molecule has 0 radical (unpaired) electrons. The molecule has 186 valence electrons. The van der Waals surface area contributed by atoms with Crippen LogP contribution >= 0.6 is 0 Å². The highest BCUT2D eigenvalue weighted by Crippen LogP contribution is 2.29. The fourth-order valence-corrected chi connectivity index (χ4v) is 5.49. The van der Waals surface area contributed by atoms with Crippen molar-refractivity contribution < 1.29 is 17.6 Å². The largest absolute Gasteiger partial charge is 0.493 e. The predicted octanol–water partition coefficient (Wildman–Crippen LogP) is 4.03. The molecule has 2 N–H and O–H groups in total. The number of oxazole rings is 1. The van der Waals surface area contributed by atoms with Gasteiger partial charge in [0.25, 0.3) is 6.01 Å². The van der Waals surface area contributed by atoms with Crippen molar-refractivity contribution in [2.24, 2.45) is 0 Å². The van der Waals surface area contributed by atoms with Gasteiger partial charge in [0.15, 0.2) is 5.58 Å². The molecule has 35 heavy (non-hydrogen) atoms. The highest BCUT2D eigenvalue weighted by Gasteiger charge is 2.23. The van der Waals surface area contributed by atoms with E-state index < -0.39 is 10.0 Å². The van der Waals surface area contributed by atoms with Crippen LogP contribution in [0.3, 0.4) is 0 Å². The monoisotopic (exact) mass is 497 g/mol. The normalized spacial score (nSPS) is 15.9. The molecule has 3 heterocycles. The molecular weight excluding hydrogens is 466 g/mol. The smallest absolute Gasteiger partial charge is 0.295 e. The summed E-state index contributed by atoms with van der Waals surface area (Å²) in [5.74, 6) is 0.926. The number of sulfonamides is 1. The summed E-state index contributed by atoms with van der Waals surface area (Å²) in [6.45, 7) is 5.42. The predicted molar refractivity (Wildman–Crippen MR) is 136 cm³/mol. The van der Waals surface area contributed by atoms with Crippen LogP contribution in [0, 0.1) is 0 Å². The van der Waals surface area contributed by atoms with Gasteiger partial charge in [-0.2, -0.15) is 4.98 Å². The summed E-state index contributed by atoms with van der Waals surface area (Å²) in [5, 5.41) is 4.51. The Kier molecular flexibility index (Phi) is 6.43. The Bertz CT molecular complexity index is 1430. The first-order valence-corrected chi connectivity index (χ1v) is 13.3. The Morgan fingerprint density at radius 1 is 1.20 bits per heavy atom. The average molecular weight is 498 g/mol. The van der Waals surface area contributed by atoms with E-state index in [-0.39, 0.29) is 10.9 Å². The zero-order chi connectivity index (χ0) is 24.6. The summed E-state index contributed by atoms with van der Waals surface area (Å²) in [6.07, 6.45) is 3.87. The van der Waals surface area contributed by atoms with Gasteiger partial charge in [-0.25, -0.2) is 12.7 Å². The number of likely N-dealkylation sites (tertiary alicyclic amines) is 1. The summed E-state index contributed by atoms with van der Waals surface area (Å²) < 4.78 is 37.7. The van der Waals surface area contributed by atoms with Crippen LogP contribution in [0.2, 0.25) is 0 Å². The molecule has 0 unspecified atom stereocenters. The molecule has 0 bridgehead atoms. The number of hydrogen-bond donors (Lipinski definition) is 2. The van der Waals surface area contributed by atoms with Crippen LogP contribution in [0.1, 0.15) is 25.3 Å². The van der Waals surface area contributed by atoms with E-state index in [9.17, 15) is 8.42 Å². The minimum Gasteiger partial charge on any atom is -0.493 e. The maximum absolute atomic E-state index is 12.4. The van der Waals surface area contributed by atoms with Gasteiger partial charge in [-0.05, 0) is 61.7 Å². The molecule has 1 aliphatic heterocycles. The van der Waals surface area contributed by atoms with Gasteiger partial charge in [0.05, 0.1) is 11.5 Å². The molecule has 0 amide bonds. The number of anilines is 1. The van der Waals surface area contributed by atoms with Gasteiger partial charge < -0.3 is 19.5 Å². The molecule has 10 heteroatoms. The van der Waals surface area contributed by atoms with Crippen LogP contribution in [0.5, 0.6) is 5.75 Å². The quantitative estimate of drug-likeness (QED) is 0.379. The molecule has 0 atom stereocenters. The van der Waals surface area contributed by atoms with Crippen LogP contribution in [0.4, 0.5) is 6.01 Å². The number of ether oxygens (including phenoxy) is 1. The van der Waals surface area contributed by atoms with Crippen molar-refractivity contribution in [2.75, 3.05) is 39.1 Å². The van der Waals surface area contributed by atoms with Crippen molar-refractivity contribution in [3.63, 3.8) is 0 Å². The van der Waals surface area contributed by atoms with Gasteiger partial charge in [0.2, 0.25) is 10.0 Å². The zero-order valence-corrected chi connectivity index (χ0v) is 21.1. The Balaban J connectivity index is 1.21. The van der Waals surface area contributed by atoms with Gasteiger partial charge in [-0.15, -0.1) is 0 Å². The third-order valence-electron chi connectivity index (χ3n) is 6.45. The maximum Gasteiger partial charge on any atom is 0.295 e. The number of hydrogen-bond acceptors (Lipinski definition) is 7. The lowest BCUT2D eigenvalue weighted by molar-refractivity contribution is 0.210. The van der Waals surface area contributed by atoms with Gasteiger partial charge >= 0.3 is 0 Å². The maximum atomic E-state index is 12.4. The molecule has 9 nitrogen and oxygen atoms in total. The van der Waals surface area contributed by atoms with E-state index in [1.807, 2.05) is 13.1 Å². The molecule has 5 rings (SSSR count). The van der Waals surface area contributed by atoms with Gasteiger partial charge in [0.1, 0.15) is 11.3 Å². The van der Waals surface area contributed by atoms with E-state index in [0.717, 1.165) is 49.1 Å². The van der Waals surface area contributed by atoms with E-state index in [2.05, 4.69) is 38.4 Å². The van der Waals surface area contributed by atoms with Crippen molar-refractivity contribution in [1.29, 1.82) is 0 Å². The molecule has 1 saturated heterocycles. The third-order valence-corrected chi connectivity index (χ3v) is 8.26. The third kappa shape index (κ3) is 4.86. The molecule has 1 fully saturated rings. The van der Waals surface area contributed by atoms with Crippen molar-refractivity contribution in [1.82, 2.24) is 19.2 Å². The number of nitrogens with one attached hydrogen (secondary N) is 2. The first kappa shape index (κ1) is 23.7. The van der Waals surface area contributed by atoms with E-state index in [1.54, 1.807) is 18.2 Å². The van der Waals surface area contributed by atoms with Crippen molar-refractivity contribution in [3.8, 4) is 5.75 Å². The molecule has 2 aromatic carbocycles. The zero-order valence-electron chi connectivity index (χ0n) is 20.2. The Hall–Kier alpha value is -3.08. The Morgan fingerprint density at radius 2 is 2.00 bits per heavy atom. The van der Waals surface area contributed by atoms with Gasteiger partial charge in [0, 0.05) is 56.9 Å². The highest BCUT2D eigenvalue weighted by molar-refractivity contribution is 7.89. The van der Waals surface area contributed by atoms with Crippen LogP contribution in [-0.4, -0.2) is 67.4 Å². The summed E-state index contributed by atoms with van der Waals surface area (Å²) in [6, 6.07) is 11.8. The summed E-state index contributed by atoms with van der Waals surface area (Å²) in [7, 11) is -0.494. The minimum absolute atomic E-state index is 0.202. The molecular formula is C25H31N5O4S. The number of nitrogens with zero attached hydrogens (tertiary/aromatic N) is 3. The molecule has 0 aliphatic carbocycles. The van der Waals surface area contributed by atoms with E-state index in [4.69, 9.17) is 9.15 Å². The average Bonchev–Trinajstić information content (AvgIpc) is 3.46. The number of piperidine rings is 1. The second-order valence-electron chi connectivity index (χ2n) is 9.10. The van der Waals surface area contributed by atoms with Crippen molar-refractivity contribution in [2.45, 2.75) is 37.2 Å². The van der Waals surface area contributed by atoms with Crippen molar-refractivity contribution in [3.05, 3.63) is 48.2 Å². The lowest BCUT2D eigenvalue weighted by Gasteiger charge is -2.32. The second kappa shape index (κ2) is 9.52. The first-order chi connectivity index (χ1) is 16.8. The summed E-state index contributed by atoms with van der Waals surface area (Å²) in [4.78, 5) is 10.4. The molecule has 4 aromatic rings. The minimum atomic E-state index is -3.52. The van der Waals surface area contributed by atoms with Crippen LogP contribution in [-0.2, 0) is 16.6 Å². The van der Waals surface area contributed by atoms with E-state index >= 15 is 0 Å². The van der Waals surface area contributed by atoms with Crippen LogP contribution < -0.4 is 10.1 Å². The number of fused-ring (bicyclic) bond motifs is 2. The van der Waals surface area contributed by atoms with Gasteiger partial charge in [-0.3, -0.25) is 4.90 Å². The fourth-order valence-electron chi connectivity index (χ4n) is 4.56. The molecule has 1 aliphatic rings. The number of benzene rings is 2. The molecule has 2 aromatic heterocycles. The lowest BCUT2D eigenvalue weighted by atomic mass is 10.0. The lowest BCUT2D eigenvalue weighted by Crippen LogP contribution is -2.38. The van der Waals surface area contributed by atoms with Gasteiger partial charge in [-0.1, -0.05) is 0 Å². The van der Waals surface area contributed by atoms with Crippen molar-refractivity contribution >= 4 is 38.0 Å². The number of aromatic amines is 1. The number of H-pyrrole nitrogens is 1. The number of rotatable bonds is 8. The van der Waals surface area contributed by atoms with Crippen LogP contribution in [0.15, 0.2) is 51.9 Å². The molecule has 0 spiro atoms. The first-order valence-electron chi connectivity index (χ1n) is 11.9. The SMILES string of the molecule is CCOc1cc(CN2CCC(Nc3nc4cc(S(=O)(=O)N(C)C)ccc4o3)CC2)cc2[nH]ccc12.